The number of hydrogen-bond donors (Lipinski definition) is 1. The first-order valence-corrected chi connectivity index (χ1v) is 5.06. The van der Waals surface area contributed by atoms with Gasteiger partial charge in [0.15, 0.2) is 0 Å². The summed E-state index contributed by atoms with van der Waals surface area (Å²) in [6.45, 7) is -1.93. The van der Waals surface area contributed by atoms with Crippen molar-refractivity contribution in [2.75, 3.05) is 13.1 Å². The molecule has 1 heterocycles. The van der Waals surface area contributed by atoms with Gasteiger partial charge in [0.1, 0.15) is 6.42 Å². The van der Waals surface area contributed by atoms with E-state index in [0.29, 0.717) is 4.90 Å². The van der Waals surface area contributed by atoms with Gasteiger partial charge < -0.3 is 10.0 Å². The fourth-order valence-electron chi connectivity index (χ4n) is 1.87. The lowest BCUT2D eigenvalue weighted by Gasteiger charge is -2.18. The lowest BCUT2D eigenvalue weighted by atomic mass is 9.96. The minimum Gasteiger partial charge on any atom is -0.481 e. The molecule has 0 radical (unpaired) electrons. The first-order valence-electron chi connectivity index (χ1n) is 5.06. The molecule has 1 fully saturated rings. The molecule has 0 aromatic rings. The standard InChI is InChI=1S/C9H9F6NO3/c10-8(11,12)1-6(17)16-2-4(7(18)19)5(3-16)9(13,14)15/h4-5H,1-3H2,(H,18,19)/t4-,5-/m1/s1. The summed E-state index contributed by atoms with van der Waals surface area (Å²) < 4.78 is 73.4. The predicted molar refractivity (Wildman–Crippen MR) is 47.9 cm³/mol. The van der Waals surface area contributed by atoms with Gasteiger partial charge in [-0.3, -0.25) is 9.59 Å². The van der Waals surface area contributed by atoms with Gasteiger partial charge >= 0.3 is 18.3 Å². The third kappa shape index (κ3) is 4.00. The van der Waals surface area contributed by atoms with Crippen LogP contribution in [-0.2, 0) is 9.59 Å². The van der Waals surface area contributed by atoms with E-state index in [9.17, 15) is 35.9 Å². The number of rotatable bonds is 2. The Morgan fingerprint density at radius 2 is 1.63 bits per heavy atom. The largest absolute Gasteiger partial charge is 0.481 e. The van der Waals surface area contributed by atoms with Crippen LogP contribution in [0, 0.1) is 11.8 Å². The van der Waals surface area contributed by atoms with Crippen LogP contribution in [0.15, 0.2) is 0 Å². The van der Waals surface area contributed by atoms with Gasteiger partial charge in [-0.1, -0.05) is 0 Å². The zero-order valence-electron chi connectivity index (χ0n) is 9.25. The second-order valence-corrected chi connectivity index (χ2v) is 4.18. The Morgan fingerprint density at radius 1 is 1.11 bits per heavy atom. The molecular formula is C9H9F6NO3. The van der Waals surface area contributed by atoms with Crippen molar-refractivity contribution in [2.24, 2.45) is 11.8 Å². The van der Waals surface area contributed by atoms with Gasteiger partial charge in [0.05, 0.1) is 11.8 Å². The Balaban J connectivity index is 2.81. The number of alkyl halides is 6. The van der Waals surface area contributed by atoms with Crippen LogP contribution in [0.2, 0.25) is 0 Å². The van der Waals surface area contributed by atoms with Crippen LogP contribution < -0.4 is 0 Å². The average molecular weight is 293 g/mol. The van der Waals surface area contributed by atoms with Crippen LogP contribution in [0.5, 0.6) is 0 Å². The van der Waals surface area contributed by atoms with Crippen molar-refractivity contribution in [1.29, 1.82) is 0 Å². The molecule has 2 atom stereocenters. The Morgan fingerprint density at radius 3 is 1.95 bits per heavy atom. The number of nitrogens with zero attached hydrogens (tertiary/aromatic N) is 1. The van der Waals surface area contributed by atoms with Gasteiger partial charge in [-0.2, -0.15) is 26.3 Å². The van der Waals surface area contributed by atoms with E-state index in [1.54, 1.807) is 0 Å². The fraction of sp³-hybridized carbons (Fsp3) is 0.778. The number of likely N-dealkylation sites (tertiary alicyclic amines) is 1. The smallest absolute Gasteiger partial charge is 0.397 e. The summed E-state index contributed by atoms with van der Waals surface area (Å²) in [5.74, 6) is -7.62. The van der Waals surface area contributed by atoms with Crippen LogP contribution in [-0.4, -0.2) is 47.3 Å². The molecule has 1 amide bonds. The number of hydrogen-bond acceptors (Lipinski definition) is 2. The molecule has 0 unspecified atom stereocenters. The van der Waals surface area contributed by atoms with Gasteiger partial charge in [-0.25, -0.2) is 0 Å². The zero-order valence-corrected chi connectivity index (χ0v) is 9.25. The van der Waals surface area contributed by atoms with Crippen LogP contribution in [0.3, 0.4) is 0 Å². The van der Waals surface area contributed by atoms with E-state index in [4.69, 9.17) is 5.11 Å². The van der Waals surface area contributed by atoms with Crippen molar-refractivity contribution in [3.8, 4) is 0 Å². The van der Waals surface area contributed by atoms with Crippen molar-refractivity contribution in [2.45, 2.75) is 18.8 Å². The molecule has 4 nitrogen and oxygen atoms in total. The highest BCUT2D eigenvalue weighted by atomic mass is 19.4. The van der Waals surface area contributed by atoms with E-state index in [0.717, 1.165) is 0 Å². The summed E-state index contributed by atoms with van der Waals surface area (Å²) in [6.07, 6.45) is -11.6. The van der Waals surface area contributed by atoms with Crippen LogP contribution >= 0.6 is 0 Å². The highest BCUT2D eigenvalue weighted by Crippen LogP contribution is 2.38. The zero-order chi connectivity index (χ0) is 15.0. The predicted octanol–water partition coefficient (Wildman–Crippen LogP) is 1.66. The summed E-state index contributed by atoms with van der Waals surface area (Å²) >= 11 is 0. The van der Waals surface area contributed by atoms with Crippen molar-refractivity contribution in [3.05, 3.63) is 0 Å². The van der Waals surface area contributed by atoms with Crippen molar-refractivity contribution in [1.82, 2.24) is 4.90 Å². The number of carbonyl (C=O) groups is 2. The van der Waals surface area contributed by atoms with Crippen molar-refractivity contribution < 1.29 is 41.0 Å². The van der Waals surface area contributed by atoms with E-state index in [1.165, 1.54) is 0 Å². The molecule has 0 aromatic heterocycles. The highest BCUT2D eigenvalue weighted by molar-refractivity contribution is 5.79. The lowest BCUT2D eigenvalue weighted by molar-refractivity contribution is -0.188. The summed E-state index contributed by atoms with van der Waals surface area (Å²) in [4.78, 5) is 22.1. The molecule has 0 aliphatic carbocycles. The van der Waals surface area contributed by atoms with Crippen molar-refractivity contribution in [3.63, 3.8) is 0 Å². The van der Waals surface area contributed by atoms with Crippen LogP contribution in [0.25, 0.3) is 0 Å². The molecule has 10 heteroatoms. The number of amides is 1. The normalized spacial score (nSPS) is 24.6. The van der Waals surface area contributed by atoms with E-state index in [-0.39, 0.29) is 0 Å². The van der Waals surface area contributed by atoms with E-state index in [1.807, 2.05) is 0 Å². The van der Waals surface area contributed by atoms with Gasteiger partial charge in [0.2, 0.25) is 5.91 Å². The Labute approximate surface area is 103 Å². The monoisotopic (exact) mass is 293 g/mol. The lowest BCUT2D eigenvalue weighted by Crippen LogP contribution is -2.34. The van der Waals surface area contributed by atoms with Gasteiger partial charge in [0, 0.05) is 13.1 Å². The fourth-order valence-corrected chi connectivity index (χ4v) is 1.87. The second-order valence-electron chi connectivity index (χ2n) is 4.18. The number of halogens is 6. The maximum atomic E-state index is 12.5. The van der Waals surface area contributed by atoms with Crippen molar-refractivity contribution >= 4 is 11.9 Å². The van der Waals surface area contributed by atoms with Crippen LogP contribution in [0.4, 0.5) is 26.3 Å². The molecule has 1 rings (SSSR count). The molecule has 1 saturated heterocycles. The Hall–Kier alpha value is -1.48. The van der Waals surface area contributed by atoms with Crippen LogP contribution in [0.1, 0.15) is 6.42 Å². The summed E-state index contributed by atoms with van der Waals surface area (Å²) in [6, 6.07) is 0. The molecule has 19 heavy (non-hydrogen) atoms. The molecule has 0 saturated carbocycles. The van der Waals surface area contributed by atoms with E-state index < -0.39 is 55.6 Å². The molecule has 1 aliphatic rings. The minimum absolute atomic E-state index is 0.296. The summed E-state index contributed by atoms with van der Waals surface area (Å²) in [7, 11) is 0. The molecule has 110 valence electrons. The van der Waals surface area contributed by atoms with Gasteiger partial charge in [-0.15, -0.1) is 0 Å². The average Bonchev–Trinajstić information content (AvgIpc) is 2.57. The van der Waals surface area contributed by atoms with E-state index in [2.05, 4.69) is 0 Å². The second kappa shape index (κ2) is 4.89. The first-order chi connectivity index (χ1) is 8.42. The maximum absolute atomic E-state index is 12.5. The molecule has 0 spiro atoms. The first kappa shape index (κ1) is 15.6. The SMILES string of the molecule is O=C(O)[C@@H]1CN(C(=O)CC(F)(F)F)C[C@H]1C(F)(F)F. The molecule has 0 aromatic carbocycles. The number of carboxylic acid groups (broad SMARTS) is 1. The number of aliphatic carboxylic acids is 1. The molecular weight excluding hydrogens is 284 g/mol. The number of carbonyl (C=O) groups excluding carboxylic acids is 1. The topological polar surface area (TPSA) is 57.6 Å². The quantitative estimate of drug-likeness (QED) is 0.788. The molecule has 0 bridgehead atoms. The Kier molecular flexibility index (Phi) is 4.01. The third-order valence-corrected chi connectivity index (χ3v) is 2.76. The maximum Gasteiger partial charge on any atom is 0.397 e. The van der Waals surface area contributed by atoms with Gasteiger partial charge in [0.25, 0.3) is 0 Å². The minimum atomic E-state index is -4.88. The Bertz CT molecular complexity index is 377. The summed E-state index contributed by atoms with van der Waals surface area (Å²) in [5, 5.41) is 8.62. The molecule has 1 aliphatic heterocycles. The highest BCUT2D eigenvalue weighted by Gasteiger charge is 2.54. The van der Waals surface area contributed by atoms with Gasteiger partial charge in [-0.05, 0) is 0 Å². The van der Waals surface area contributed by atoms with E-state index >= 15 is 0 Å². The summed E-state index contributed by atoms with van der Waals surface area (Å²) in [5.41, 5.74) is 0. The third-order valence-electron chi connectivity index (χ3n) is 2.76. The number of carboxylic acids is 1. The molecule has 1 N–H and O–H groups in total.